The second-order valence-electron chi connectivity index (χ2n) is 5.03. The maximum atomic E-state index is 11.2. The van der Waals surface area contributed by atoms with Crippen LogP contribution in [0.3, 0.4) is 0 Å². The van der Waals surface area contributed by atoms with E-state index in [-0.39, 0.29) is 11.9 Å². The Labute approximate surface area is 98.3 Å². The molecule has 0 aromatic rings. The fraction of sp³-hybridized carbons (Fsp3) is 0.917. The minimum absolute atomic E-state index is 0.0655. The molecule has 1 rings (SSSR count). The molecule has 0 heterocycles. The molecule has 1 saturated carbocycles. The third kappa shape index (κ3) is 2.95. The Morgan fingerprint density at radius 2 is 2.12 bits per heavy atom. The summed E-state index contributed by atoms with van der Waals surface area (Å²) in [5.41, 5.74) is 0.315. The molecule has 1 aliphatic carbocycles. The van der Waals surface area contributed by atoms with Gasteiger partial charge in [0, 0.05) is 18.6 Å². The van der Waals surface area contributed by atoms with Gasteiger partial charge in [0.05, 0.1) is 13.0 Å². The lowest BCUT2D eigenvalue weighted by molar-refractivity contribution is -0.144. The van der Waals surface area contributed by atoms with Gasteiger partial charge >= 0.3 is 5.97 Å². The Morgan fingerprint density at radius 3 is 2.50 bits per heavy atom. The molecule has 1 atom stereocenters. The van der Waals surface area contributed by atoms with Gasteiger partial charge in [0.2, 0.25) is 0 Å². The molecule has 1 aliphatic rings. The third-order valence-electron chi connectivity index (χ3n) is 3.74. The number of rotatable bonds is 6. The summed E-state index contributed by atoms with van der Waals surface area (Å²) in [5, 5.41) is 3.38. The lowest BCUT2D eigenvalue weighted by atomic mass is 9.75. The van der Waals surface area contributed by atoms with Crippen LogP contribution in [-0.4, -0.2) is 50.7 Å². The van der Waals surface area contributed by atoms with Gasteiger partial charge in [-0.3, -0.25) is 4.79 Å². The predicted molar refractivity (Wildman–Crippen MR) is 64.3 cm³/mol. The van der Waals surface area contributed by atoms with Crippen molar-refractivity contribution in [1.29, 1.82) is 0 Å². The number of nitrogens with one attached hydrogen (secondary N) is 1. The molecule has 0 amide bonds. The zero-order valence-corrected chi connectivity index (χ0v) is 10.9. The van der Waals surface area contributed by atoms with Crippen LogP contribution in [0.1, 0.15) is 26.2 Å². The molecule has 0 spiro atoms. The summed E-state index contributed by atoms with van der Waals surface area (Å²) in [6.45, 7) is 3.55. The topological polar surface area (TPSA) is 41.6 Å². The van der Waals surface area contributed by atoms with Gasteiger partial charge in [0.1, 0.15) is 0 Å². The zero-order valence-electron chi connectivity index (χ0n) is 10.9. The van der Waals surface area contributed by atoms with Gasteiger partial charge in [0.15, 0.2) is 0 Å². The Bertz CT molecular complexity index is 237. The first kappa shape index (κ1) is 13.5. The first-order valence-electron chi connectivity index (χ1n) is 5.98. The monoisotopic (exact) mass is 228 g/mol. The minimum atomic E-state index is -0.139. The predicted octanol–water partition coefficient (Wildman–Crippen LogP) is 0.869. The standard InChI is InChI=1S/C12H24N2O2/c1-10(11(15)16-4)8-13-9-12(14(2)3)6-5-7-12/h10,13H,5-9H2,1-4H3. The van der Waals surface area contributed by atoms with Gasteiger partial charge in [-0.05, 0) is 33.4 Å². The Morgan fingerprint density at radius 1 is 1.50 bits per heavy atom. The lowest BCUT2D eigenvalue weighted by Crippen LogP contribution is -2.56. The molecule has 16 heavy (non-hydrogen) atoms. The van der Waals surface area contributed by atoms with Gasteiger partial charge in [-0.25, -0.2) is 0 Å². The molecule has 1 fully saturated rings. The van der Waals surface area contributed by atoms with Crippen LogP contribution < -0.4 is 5.32 Å². The largest absolute Gasteiger partial charge is 0.469 e. The van der Waals surface area contributed by atoms with E-state index in [4.69, 9.17) is 4.74 Å². The smallest absolute Gasteiger partial charge is 0.309 e. The van der Waals surface area contributed by atoms with Gasteiger partial charge in [-0.15, -0.1) is 0 Å². The van der Waals surface area contributed by atoms with Crippen molar-refractivity contribution in [3.63, 3.8) is 0 Å². The molecule has 0 radical (unpaired) electrons. The average molecular weight is 228 g/mol. The summed E-state index contributed by atoms with van der Waals surface area (Å²) in [6, 6.07) is 0. The number of likely N-dealkylation sites (N-methyl/N-ethyl adjacent to an activating group) is 1. The van der Waals surface area contributed by atoms with Crippen molar-refractivity contribution in [2.75, 3.05) is 34.3 Å². The van der Waals surface area contributed by atoms with Gasteiger partial charge in [0.25, 0.3) is 0 Å². The number of ether oxygens (including phenoxy) is 1. The molecule has 0 saturated heterocycles. The van der Waals surface area contributed by atoms with Crippen LogP contribution in [0.2, 0.25) is 0 Å². The van der Waals surface area contributed by atoms with Crippen molar-refractivity contribution < 1.29 is 9.53 Å². The van der Waals surface area contributed by atoms with Crippen molar-refractivity contribution in [2.24, 2.45) is 5.92 Å². The van der Waals surface area contributed by atoms with Crippen LogP contribution in [0.25, 0.3) is 0 Å². The highest BCUT2D eigenvalue weighted by molar-refractivity contribution is 5.72. The average Bonchev–Trinajstić information content (AvgIpc) is 2.19. The van der Waals surface area contributed by atoms with E-state index in [1.165, 1.54) is 26.4 Å². The molecule has 1 unspecified atom stereocenters. The van der Waals surface area contributed by atoms with Crippen molar-refractivity contribution in [1.82, 2.24) is 10.2 Å². The van der Waals surface area contributed by atoms with E-state index in [1.807, 2.05) is 6.92 Å². The SMILES string of the molecule is COC(=O)C(C)CNCC1(N(C)C)CCC1. The summed E-state index contributed by atoms with van der Waals surface area (Å²) in [5.74, 6) is -0.204. The van der Waals surface area contributed by atoms with Crippen LogP contribution in [0, 0.1) is 5.92 Å². The molecule has 4 heteroatoms. The highest BCUT2D eigenvalue weighted by Crippen LogP contribution is 2.35. The van der Waals surface area contributed by atoms with E-state index in [0.717, 1.165) is 6.54 Å². The van der Waals surface area contributed by atoms with Crippen LogP contribution in [0.5, 0.6) is 0 Å². The fourth-order valence-electron chi connectivity index (χ4n) is 2.17. The summed E-state index contributed by atoms with van der Waals surface area (Å²) in [7, 11) is 5.70. The third-order valence-corrected chi connectivity index (χ3v) is 3.74. The molecule has 0 aromatic heterocycles. The minimum Gasteiger partial charge on any atom is -0.469 e. The number of carbonyl (C=O) groups is 1. The molecule has 0 bridgehead atoms. The van der Waals surface area contributed by atoms with Crippen LogP contribution in [-0.2, 0) is 9.53 Å². The number of carbonyl (C=O) groups excluding carboxylic acids is 1. The van der Waals surface area contributed by atoms with E-state index < -0.39 is 0 Å². The molecule has 94 valence electrons. The first-order chi connectivity index (χ1) is 7.52. The Balaban J connectivity index is 2.27. The summed E-state index contributed by atoms with van der Waals surface area (Å²) < 4.78 is 4.69. The van der Waals surface area contributed by atoms with Crippen molar-refractivity contribution >= 4 is 5.97 Å². The van der Waals surface area contributed by atoms with E-state index in [9.17, 15) is 4.79 Å². The second kappa shape index (κ2) is 5.64. The molecule has 0 aromatic carbocycles. The van der Waals surface area contributed by atoms with Crippen LogP contribution in [0.15, 0.2) is 0 Å². The van der Waals surface area contributed by atoms with Gasteiger partial charge < -0.3 is 15.0 Å². The second-order valence-corrected chi connectivity index (χ2v) is 5.03. The molecule has 1 N–H and O–H groups in total. The summed E-state index contributed by atoms with van der Waals surface area (Å²) in [4.78, 5) is 13.5. The van der Waals surface area contributed by atoms with Crippen LogP contribution >= 0.6 is 0 Å². The van der Waals surface area contributed by atoms with Gasteiger partial charge in [-0.2, -0.15) is 0 Å². The Hall–Kier alpha value is -0.610. The van der Waals surface area contributed by atoms with Crippen molar-refractivity contribution in [3.8, 4) is 0 Å². The quantitative estimate of drug-likeness (QED) is 0.685. The highest BCUT2D eigenvalue weighted by Gasteiger charge is 2.38. The number of hydrogen-bond donors (Lipinski definition) is 1. The van der Waals surface area contributed by atoms with E-state index in [0.29, 0.717) is 12.1 Å². The first-order valence-corrected chi connectivity index (χ1v) is 5.98. The number of hydrogen-bond acceptors (Lipinski definition) is 4. The summed E-state index contributed by atoms with van der Waals surface area (Å²) >= 11 is 0. The van der Waals surface area contributed by atoms with Crippen LogP contribution in [0.4, 0.5) is 0 Å². The molecular formula is C12H24N2O2. The highest BCUT2D eigenvalue weighted by atomic mass is 16.5. The van der Waals surface area contributed by atoms with E-state index in [2.05, 4.69) is 24.3 Å². The van der Waals surface area contributed by atoms with Crippen molar-refractivity contribution in [3.05, 3.63) is 0 Å². The number of esters is 1. The fourth-order valence-corrected chi connectivity index (χ4v) is 2.17. The van der Waals surface area contributed by atoms with E-state index in [1.54, 1.807) is 0 Å². The Kier molecular flexibility index (Phi) is 4.74. The molecule has 0 aliphatic heterocycles. The van der Waals surface area contributed by atoms with Gasteiger partial charge in [-0.1, -0.05) is 6.92 Å². The van der Waals surface area contributed by atoms with Crippen molar-refractivity contribution in [2.45, 2.75) is 31.7 Å². The summed E-state index contributed by atoms with van der Waals surface area (Å²) in [6.07, 6.45) is 3.81. The number of methoxy groups -OCH3 is 1. The number of nitrogens with zero attached hydrogens (tertiary/aromatic N) is 1. The zero-order chi connectivity index (χ0) is 12.2. The van der Waals surface area contributed by atoms with E-state index >= 15 is 0 Å². The molecule has 4 nitrogen and oxygen atoms in total. The maximum absolute atomic E-state index is 11.2. The lowest BCUT2D eigenvalue weighted by Gasteiger charge is -2.47. The molecular weight excluding hydrogens is 204 g/mol. The maximum Gasteiger partial charge on any atom is 0.309 e. The normalized spacial score (nSPS) is 20.3.